The van der Waals surface area contributed by atoms with Crippen LogP contribution in [0.4, 0.5) is 5.00 Å². The Labute approximate surface area is 222 Å². The van der Waals surface area contributed by atoms with Gasteiger partial charge >= 0.3 is 5.97 Å². The Kier molecular flexibility index (Phi) is 7.81. The van der Waals surface area contributed by atoms with Crippen LogP contribution in [-0.4, -0.2) is 18.5 Å². The summed E-state index contributed by atoms with van der Waals surface area (Å²) in [6.07, 6.45) is 4.85. The molecule has 1 aromatic heterocycles. The summed E-state index contributed by atoms with van der Waals surface area (Å²) in [7, 11) is 0. The van der Waals surface area contributed by atoms with Crippen LogP contribution in [0, 0.1) is 0 Å². The number of thiophene rings is 1. The van der Waals surface area contributed by atoms with E-state index in [1.165, 1.54) is 35.3 Å². The predicted molar refractivity (Wildman–Crippen MR) is 150 cm³/mol. The SMILES string of the molecule is CCOC(=O)c1c(-c2ccc3c(c2)CCCC3)csc1NC(=O)CC(c1ccccc1)c1ccccc1. The number of esters is 1. The first-order chi connectivity index (χ1) is 18.1. The number of carbonyl (C=O) groups excluding carboxylic acids is 2. The van der Waals surface area contributed by atoms with Crippen molar-refractivity contribution in [2.45, 2.75) is 44.9 Å². The van der Waals surface area contributed by atoms with Crippen molar-refractivity contribution in [2.75, 3.05) is 11.9 Å². The summed E-state index contributed by atoms with van der Waals surface area (Å²) < 4.78 is 5.42. The molecule has 1 aliphatic rings. The summed E-state index contributed by atoms with van der Waals surface area (Å²) in [4.78, 5) is 26.5. The van der Waals surface area contributed by atoms with E-state index in [1.807, 2.05) is 66.0 Å². The smallest absolute Gasteiger partial charge is 0.341 e. The standard InChI is InChI=1S/C32H31NO3S/c1-2-36-32(35)30-28(26-18-17-22-11-9-10-16-25(22)19-26)21-37-31(30)33-29(34)20-27(23-12-5-3-6-13-23)24-14-7-4-8-15-24/h3-8,12-15,17-19,21,27H,2,9-11,16,20H2,1H3,(H,33,34). The fraction of sp³-hybridized carbons (Fsp3) is 0.250. The molecule has 1 aliphatic carbocycles. The lowest BCUT2D eigenvalue weighted by molar-refractivity contribution is -0.116. The third-order valence-electron chi connectivity index (χ3n) is 6.98. The van der Waals surface area contributed by atoms with Crippen LogP contribution in [0.25, 0.3) is 11.1 Å². The quantitative estimate of drug-likeness (QED) is 0.248. The maximum Gasteiger partial charge on any atom is 0.341 e. The number of hydrogen-bond acceptors (Lipinski definition) is 4. The number of hydrogen-bond donors (Lipinski definition) is 1. The van der Waals surface area contributed by atoms with Crippen molar-refractivity contribution in [2.24, 2.45) is 0 Å². The van der Waals surface area contributed by atoms with E-state index >= 15 is 0 Å². The molecule has 0 saturated heterocycles. The minimum Gasteiger partial charge on any atom is -0.462 e. The average molecular weight is 510 g/mol. The number of aryl methyl sites for hydroxylation is 2. The third-order valence-corrected chi connectivity index (χ3v) is 7.87. The highest BCUT2D eigenvalue weighted by Gasteiger charge is 2.25. The van der Waals surface area contributed by atoms with Crippen LogP contribution in [0.3, 0.4) is 0 Å². The van der Waals surface area contributed by atoms with Gasteiger partial charge in [-0.15, -0.1) is 11.3 Å². The van der Waals surface area contributed by atoms with Crippen molar-refractivity contribution in [3.8, 4) is 11.1 Å². The van der Waals surface area contributed by atoms with Crippen molar-refractivity contribution < 1.29 is 14.3 Å². The molecular formula is C32H31NO3S. The molecule has 37 heavy (non-hydrogen) atoms. The molecule has 188 valence electrons. The largest absolute Gasteiger partial charge is 0.462 e. The van der Waals surface area contributed by atoms with E-state index in [0.717, 1.165) is 35.1 Å². The van der Waals surface area contributed by atoms with Crippen molar-refractivity contribution in [1.29, 1.82) is 0 Å². The molecule has 0 aliphatic heterocycles. The lowest BCUT2D eigenvalue weighted by Crippen LogP contribution is -2.18. The Morgan fingerprint density at radius 1 is 0.892 bits per heavy atom. The highest BCUT2D eigenvalue weighted by Crippen LogP contribution is 2.38. The van der Waals surface area contributed by atoms with E-state index in [9.17, 15) is 9.59 Å². The van der Waals surface area contributed by atoms with Gasteiger partial charge in [0.15, 0.2) is 0 Å². The molecule has 0 fully saturated rings. The monoisotopic (exact) mass is 509 g/mol. The molecule has 4 nitrogen and oxygen atoms in total. The number of amides is 1. The Hall–Kier alpha value is -3.70. The van der Waals surface area contributed by atoms with E-state index in [4.69, 9.17) is 4.74 Å². The van der Waals surface area contributed by atoms with Gasteiger partial charge in [-0.1, -0.05) is 78.9 Å². The van der Waals surface area contributed by atoms with Crippen molar-refractivity contribution in [3.05, 3.63) is 112 Å². The molecule has 1 heterocycles. The number of fused-ring (bicyclic) bond motifs is 1. The van der Waals surface area contributed by atoms with Gasteiger partial charge in [-0.05, 0) is 60.4 Å². The second-order valence-electron chi connectivity index (χ2n) is 9.39. The number of carbonyl (C=O) groups is 2. The summed E-state index contributed by atoms with van der Waals surface area (Å²) in [5, 5.41) is 5.55. The van der Waals surface area contributed by atoms with Crippen molar-refractivity contribution in [1.82, 2.24) is 0 Å². The summed E-state index contributed by atoms with van der Waals surface area (Å²) in [5.41, 5.74) is 7.15. The van der Waals surface area contributed by atoms with E-state index in [2.05, 4.69) is 23.5 Å². The van der Waals surface area contributed by atoms with Gasteiger partial charge in [0, 0.05) is 23.3 Å². The summed E-state index contributed by atoms with van der Waals surface area (Å²) >= 11 is 1.38. The zero-order valence-corrected chi connectivity index (χ0v) is 21.9. The molecule has 1 N–H and O–H groups in total. The summed E-state index contributed by atoms with van der Waals surface area (Å²) in [5.74, 6) is -0.634. The van der Waals surface area contributed by atoms with Gasteiger partial charge < -0.3 is 10.1 Å². The normalized spacial score (nSPS) is 12.7. The molecule has 0 saturated carbocycles. The molecule has 0 spiro atoms. The lowest BCUT2D eigenvalue weighted by atomic mass is 9.88. The summed E-state index contributed by atoms with van der Waals surface area (Å²) in [6, 6.07) is 26.6. The van der Waals surface area contributed by atoms with Gasteiger partial charge in [-0.3, -0.25) is 4.79 Å². The van der Waals surface area contributed by atoms with Crippen LogP contribution >= 0.6 is 11.3 Å². The predicted octanol–water partition coefficient (Wildman–Crippen LogP) is 7.63. The maximum absolute atomic E-state index is 13.4. The highest BCUT2D eigenvalue weighted by atomic mass is 32.1. The maximum atomic E-state index is 13.4. The van der Waals surface area contributed by atoms with Crippen LogP contribution in [0.5, 0.6) is 0 Å². The number of benzene rings is 3. The number of nitrogens with one attached hydrogen (secondary N) is 1. The molecule has 0 unspecified atom stereocenters. The van der Waals surface area contributed by atoms with Crippen molar-refractivity contribution >= 4 is 28.2 Å². The third kappa shape index (κ3) is 5.67. The molecule has 5 heteroatoms. The van der Waals surface area contributed by atoms with E-state index in [1.54, 1.807) is 6.92 Å². The molecule has 1 amide bonds. The molecule has 0 radical (unpaired) electrons. The second kappa shape index (κ2) is 11.6. The zero-order chi connectivity index (χ0) is 25.6. The van der Waals surface area contributed by atoms with Gasteiger partial charge in [0.25, 0.3) is 0 Å². The molecule has 0 atom stereocenters. The number of anilines is 1. The average Bonchev–Trinajstić information content (AvgIpc) is 3.36. The van der Waals surface area contributed by atoms with Crippen LogP contribution < -0.4 is 5.32 Å². The van der Waals surface area contributed by atoms with Gasteiger partial charge in [0.1, 0.15) is 10.6 Å². The Morgan fingerprint density at radius 3 is 2.19 bits per heavy atom. The van der Waals surface area contributed by atoms with Gasteiger partial charge in [0.05, 0.1) is 6.61 Å². The Bertz CT molecular complexity index is 1340. The highest BCUT2D eigenvalue weighted by molar-refractivity contribution is 7.15. The molecule has 4 aromatic rings. The van der Waals surface area contributed by atoms with Crippen molar-refractivity contribution in [3.63, 3.8) is 0 Å². The van der Waals surface area contributed by atoms with E-state index in [0.29, 0.717) is 10.6 Å². The second-order valence-corrected chi connectivity index (χ2v) is 10.3. The Morgan fingerprint density at radius 2 is 1.54 bits per heavy atom. The molecule has 3 aromatic carbocycles. The van der Waals surface area contributed by atoms with Crippen LogP contribution in [0.15, 0.2) is 84.2 Å². The van der Waals surface area contributed by atoms with Gasteiger partial charge in [-0.25, -0.2) is 4.79 Å². The fourth-order valence-corrected chi connectivity index (χ4v) is 6.10. The number of rotatable bonds is 8. The first kappa shape index (κ1) is 25.0. The first-order valence-corrected chi connectivity index (χ1v) is 13.8. The van der Waals surface area contributed by atoms with E-state index < -0.39 is 5.97 Å². The lowest BCUT2D eigenvalue weighted by Gasteiger charge is -2.18. The fourth-order valence-electron chi connectivity index (χ4n) is 5.13. The summed E-state index contributed by atoms with van der Waals surface area (Å²) in [6.45, 7) is 2.07. The number of ether oxygens (including phenoxy) is 1. The molecule has 5 rings (SSSR count). The first-order valence-electron chi connectivity index (χ1n) is 12.9. The van der Waals surface area contributed by atoms with Gasteiger partial charge in [0.2, 0.25) is 5.91 Å². The Balaban J connectivity index is 1.44. The minimum atomic E-state index is -0.408. The minimum absolute atomic E-state index is 0.0893. The van der Waals surface area contributed by atoms with Crippen LogP contribution in [-0.2, 0) is 22.4 Å². The molecular weight excluding hydrogens is 478 g/mol. The van der Waals surface area contributed by atoms with Crippen LogP contribution in [0.2, 0.25) is 0 Å². The zero-order valence-electron chi connectivity index (χ0n) is 21.0. The molecule has 0 bridgehead atoms. The van der Waals surface area contributed by atoms with Gasteiger partial charge in [-0.2, -0.15) is 0 Å². The topological polar surface area (TPSA) is 55.4 Å². The van der Waals surface area contributed by atoms with Crippen LogP contribution in [0.1, 0.15) is 64.7 Å². The van der Waals surface area contributed by atoms with E-state index in [-0.39, 0.29) is 24.9 Å².